The number of aliphatic hydroxyl groups is 1. The second kappa shape index (κ2) is 8.72. The quantitative estimate of drug-likeness (QED) is 0.641. The number of hydrogen-bond acceptors (Lipinski definition) is 5. The molecule has 1 aromatic rings. The van der Waals surface area contributed by atoms with Crippen molar-refractivity contribution < 1.29 is 14.7 Å². The third-order valence-corrected chi connectivity index (χ3v) is 7.74. The molecule has 0 radical (unpaired) electrons. The Morgan fingerprint density at radius 1 is 1.24 bits per heavy atom. The molecule has 4 aliphatic rings. The molecule has 0 aromatic carbocycles. The molecule has 4 atom stereocenters. The van der Waals surface area contributed by atoms with Gasteiger partial charge >= 0.3 is 0 Å². The molecule has 5 rings (SSSR count). The Balaban J connectivity index is 1.56. The Hall–Kier alpha value is -2.45. The summed E-state index contributed by atoms with van der Waals surface area (Å²) in [4.78, 5) is 43.8. The van der Waals surface area contributed by atoms with Crippen LogP contribution in [0.5, 0.6) is 0 Å². The average Bonchev–Trinajstić information content (AvgIpc) is 3.38. The van der Waals surface area contributed by atoms with Crippen LogP contribution >= 0.6 is 0 Å². The summed E-state index contributed by atoms with van der Waals surface area (Å²) in [6, 6.07) is 2.85. The lowest BCUT2D eigenvalue weighted by molar-refractivity contribution is -0.137. The molecule has 2 N–H and O–H groups in total. The highest BCUT2D eigenvalue weighted by Crippen LogP contribution is 2.48. The highest BCUT2D eigenvalue weighted by atomic mass is 16.3. The minimum Gasteiger partial charge on any atom is -0.396 e. The number of fused-ring (bicyclic) bond motifs is 4. The molecule has 1 aromatic heterocycles. The van der Waals surface area contributed by atoms with Crippen LogP contribution < -0.4 is 10.9 Å². The standard InChI is InChI=1S/C25H34N4O4/c1-27(2)13-21(31)29-20-12-28-19(10-9-17(25(28)33)16-5-3-4-6-16)23(29)22(18(20)14-30)24(32)26-11-15-7-8-15/h5,9-10,15,18,20,22-23,30H,3-4,6-8,11-14H2,1-2H3,(H,26,32)/t18-,20-,22+,23+/m0/s1. The van der Waals surface area contributed by atoms with Crippen molar-refractivity contribution >= 4 is 17.4 Å². The Morgan fingerprint density at radius 3 is 2.67 bits per heavy atom. The highest BCUT2D eigenvalue weighted by molar-refractivity contribution is 5.85. The molecule has 1 saturated carbocycles. The van der Waals surface area contributed by atoms with Gasteiger partial charge in [-0.3, -0.25) is 14.4 Å². The summed E-state index contributed by atoms with van der Waals surface area (Å²) < 4.78 is 1.76. The molecule has 0 spiro atoms. The van der Waals surface area contributed by atoms with Crippen molar-refractivity contribution in [2.75, 3.05) is 33.8 Å². The number of pyridine rings is 1. The molecular weight excluding hydrogens is 420 g/mol. The van der Waals surface area contributed by atoms with Gasteiger partial charge in [0.1, 0.15) is 0 Å². The molecular formula is C25H34N4O4. The fraction of sp³-hybridized carbons (Fsp3) is 0.640. The molecule has 8 heteroatoms. The first-order valence-electron chi connectivity index (χ1n) is 12.2. The van der Waals surface area contributed by atoms with E-state index >= 15 is 0 Å². The van der Waals surface area contributed by atoms with Crippen LogP contribution in [-0.4, -0.2) is 71.1 Å². The first kappa shape index (κ1) is 22.3. The number of nitrogens with one attached hydrogen (secondary N) is 1. The van der Waals surface area contributed by atoms with Crippen molar-refractivity contribution in [2.45, 2.75) is 50.7 Å². The maximum atomic E-state index is 13.5. The van der Waals surface area contributed by atoms with Gasteiger partial charge in [-0.25, -0.2) is 0 Å². The second-order valence-electron chi connectivity index (χ2n) is 10.3. The van der Waals surface area contributed by atoms with Gasteiger partial charge in [-0.15, -0.1) is 0 Å². The fourth-order valence-electron chi connectivity index (χ4n) is 5.95. The van der Waals surface area contributed by atoms with Crippen LogP contribution in [0.15, 0.2) is 23.0 Å². The van der Waals surface area contributed by atoms with Crippen LogP contribution in [0.25, 0.3) is 5.57 Å². The summed E-state index contributed by atoms with van der Waals surface area (Å²) in [5.74, 6) is -0.652. The number of amides is 2. The lowest BCUT2D eigenvalue weighted by atomic mass is 9.86. The Bertz CT molecular complexity index is 1040. The van der Waals surface area contributed by atoms with E-state index in [-0.39, 0.29) is 36.6 Å². The summed E-state index contributed by atoms with van der Waals surface area (Å²) in [6.45, 7) is 0.963. The second-order valence-corrected chi connectivity index (χ2v) is 10.3. The van der Waals surface area contributed by atoms with Gasteiger partial charge in [0.15, 0.2) is 0 Å². The molecule has 178 valence electrons. The van der Waals surface area contributed by atoms with Crippen molar-refractivity contribution in [1.29, 1.82) is 0 Å². The van der Waals surface area contributed by atoms with E-state index in [0.29, 0.717) is 24.7 Å². The van der Waals surface area contributed by atoms with Gasteiger partial charge in [0, 0.05) is 36.9 Å². The van der Waals surface area contributed by atoms with Gasteiger partial charge in [0.2, 0.25) is 11.8 Å². The zero-order valence-electron chi connectivity index (χ0n) is 19.5. The normalized spacial score (nSPS) is 28.1. The number of nitrogens with zero attached hydrogens (tertiary/aromatic N) is 3. The predicted octanol–water partition coefficient (Wildman–Crippen LogP) is 0.994. The molecule has 3 heterocycles. The van der Waals surface area contributed by atoms with Crippen LogP contribution in [0, 0.1) is 17.8 Å². The van der Waals surface area contributed by atoms with Crippen LogP contribution in [0.2, 0.25) is 0 Å². The monoisotopic (exact) mass is 454 g/mol. The third kappa shape index (κ3) is 3.93. The maximum absolute atomic E-state index is 13.5. The Kier molecular flexibility index (Phi) is 5.91. The summed E-state index contributed by atoms with van der Waals surface area (Å²) in [5, 5.41) is 13.4. The number of aromatic nitrogens is 1. The number of rotatable bonds is 7. The number of carbonyl (C=O) groups is 2. The summed E-state index contributed by atoms with van der Waals surface area (Å²) >= 11 is 0. The van der Waals surface area contributed by atoms with Gasteiger partial charge in [-0.2, -0.15) is 0 Å². The minimum absolute atomic E-state index is 0.0499. The molecule has 2 aliphatic carbocycles. The van der Waals surface area contributed by atoms with E-state index in [4.69, 9.17) is 0 Å². The van der Waals surface area contributed by atoms with Crippen molar-refractivity contribution in [3.8, 4) is 0 Å². The molecule has 33 heavy (non-hydrogen) atoms. The first-order valence-corrected chi connectivity index (χ1v) is 12.2. The average molecular weight is 455 g/mol. The molecule has 1 saturated heterocycles. The van der Waals surface area contributed by atoms with Gasteiger partial charge in [-0.1, -0.05) is 6.08 Å². The highest BCUT2D eigenvalue weighted by Gasteiger charge is 2.57. The van der Waals surface area contributed by atoms with Gasteiger partial charge in [-0.05, 0) is 69.8 Å². The molecule has 2 bridgehead atoms. The summed E-state index contributed by atoms with van der Waals surface area (Å²) in [6.07, 6.45) is 7.35. The van der Waals surface area contributed by atoms with E-state index in [9.17, 15) is 19.5 Å². The molecule has 2 amide bonds. The number of likely N-dealkylation sites (N-methyl/N-ethyl adjacent to an activating group) is 1. The number of hydrogen-bond donors (Lipinski definition) is 2. The van der Waals surface area contributed by atoms with E-state index in [0.717, 1.165) is 43.2 Å². The van der Waals surface area contributed by atoms with E-state index < -0.39 is 17.9 Å². The van der Waals surface area contributed by atoms with Crippen LogP contribution in [0.1, 0.15) is 49.4 Å². The first-order chi connectivity index (χ1) is 15.9. The fourth-order valence-corrected chi connectivity index (χ4v) is 5.95. The third-order valence-electron chi connectivity index (χ3n) is 7.74. The zero-order valence-corrected chi connectivity index (χ0v) is 19.5. The van der Waals surface area contributed by atoms with Gasteiger partial charge < -0.3 is 24.8 Å². The zero-order chi connectivity index (χ0) is 23.3. The smallest absolute Gasteiger partial charge is 0.258 e. The largest absolute Gasteiger partial charge is 0.396 e. The van der Waals surface area contributed by atoms with Crippen LogP contribution in [0.3, 0.4) is 0 Å². The van der Waals surface area contributed by atoms with E-state index in [1.807, 2.05) is 31.1 Å². The predicted molar refractivity (Wildman–Crippen MR) is 124 cm³/mol. The Labute approximate surface area is 194 Å². The van der Waals surface area contributed by atoms with Crippen molar-refractivity contribution in [1.82, 2.24) is 19.7 Å². The van der Waals surface area contributed by atoms with E-state index in [1.165, 1.54) is 0 Å². The maximum Gasteiger partial charge on any atom is 0.258 e. The lowest BCUT2D eigenvalue weighted by Gasteiger charge is -2.39. The van der Waals surface area contributed by atoms with Gasteiger partial charge in [0.05, 0.1) is 24.5 Å². The number of carbonyl (C=O) groups excluding carboxylic acids is 2. The number of aliphatic hydroxyl groups excluding tert-OH is 1. The summed E-state index contributed by atoms with van der Waals surface area (Å²) in [7, 11) is 3.68. The SMILES string of the molecule is CN(C)CC(=O)N1[C@@H]2c3ccc(C4=CCCC4)c(=O)n3C[C@H]1[C@H](CO)[C@H]2C(=O)NCC1CC1. The summed E-state index contributed by atoms with van der Waals surface area (Å²) in [5.41, 5.74) is 2.46. The minimum atomic E-state index is -0.574. The Morgan fingerprint density at radius 2 is 2.03 bits per heavy atom. The van der Waals surface area contributed by atoms with Crippen LogP contribution in [0.4, 0.5) is 0 Å². The van der Waals surface area contributed by atoms with Crippen molar-refractivity contribution in [3.05, 3.63) is 39.8 Å². The van der Waals surface area contributed by atoms with E-state index in [1.54, 1.807) is 9.47 Å². The molecule has 2 aliphatic heterocycles. The van der Waals surface area contributed by atoms with Crippen molar-refractivity contribution in [3.63, 3.8) is 0 Å². The molecule has 2 fully saturated rings. The molecule has 0 unspecified atom stereocenters. The molecule has 8 nitrogen and oxygen atoms in total. The van der Waals surface area contributed by atoms with E-state index in [2.05, 4.69) is 11.4 Å². The lowest BCUT2D eigenvalue weighted by Crippen LogP contribution is -2.51. The number of allylic oxidation sites excluding steroid dienone is 2. The van der Waals surface area contributed by atoms with Gasteiger partial charge in [0.25, 0.3) is 5.56 Å². The van der Waals surface area contributed by atoms with Crippen molar-refractivity contribution in [2.24, 2.45) is 17.8 Å². The topological polar surface area (TPSA) is 94.9 Å². The van der Waals surface area contributed by atoms with Crippen LogP contribution in [-0.2, 0) is 16.1 Å².